The van der Waals surface area contributed by atoms with Gasteiger partial charge in [-0.3, -0.25) is 15.0 Å². The van der Waals surface area contributed by atoms with Gasteiger partial charge < -0.3 is 0 Å². The van der Waals surface area contributed by atoms with E-state index in [1.54, 1.807) is 6.20 Å². The highest BCUT2D eigenvalue weighted by atomic mass is 15.2. The molecule has 0 atom stereocenters. The van der Waals surface area contributed by atoms with Crippen molar-refractivity contribution in [2.24, 2.45) is 0 Å². The number of aromatic nitrogens is 6. The molecule has 1 saturated heterocycles. The second-order valence-corrected chi connectivity index (χ2v) is 10.2. The van der Waals surface area contributed by atoms with E-state index in [0.29, 0.717) is 5.92 Å². The largest absolute Gasteiger partial charge is 0.299 e. The predicted octanol–water partition coefficient (Wildman–Crippen LogP) is 6.23. The van der Waals surface area contributed by atoms with Gasteiger partial charge in [0, 0.05) is 47.7 Å². The van der Waals surface area contributed by atoms with Crippen molar-refractivity contribution in [2.75, 3.05) is 13.1 Å². The molecule has 0 amide bonds. The summed E-state index contributed by atoms with van der Waals surface area (Å²) in [5.41, 5.74) is 9.53. The number of H-pyrrole nitrogens is 1. The molecule has 1 fully saturated rings. The molecular formula is C32H29N7. The third kappa shape index (κ3) is 4.84. The molecule has 0 unspecified atom stereocenters. The summed E-state index contributed by atoms with van der Waals surface area (Å²) in [7, 11) is 0. The molecule has 5 heterocycles. The van der Waals surface area contributed by atoms with Crippen molar-refractivity contribution in [2.45, 2.75) is 25.3 Å². The Morgan fingerprint density at radius 1 is 0.795 bits per heavy atom. The van der Waals surface area contributed by atoms with Crippen molar-refractivity contribution in [1.29, 1.82) is 0 Å². The van der Waals surface area contributed by atoms with E-state index in [1.165, 1.54) is 11.3 Å². The summed E-state index contributed by atoms with van der Waals surface area (Å²) in [6.07, 6.45) is 7.92. The number of aromatic amines is 1. The summed E-state index contributed by atoms with van der Waals surface area (Å²) in [5.74, 6) is 0.509. The molecule has 6 aromatic rings. The standard InChI is InChI=1S/C32H29N7/c1-2-6-24(7-3-1)27-22-39-31(13-17-34-39)35-32(27)26-11-9-23(10-12-26)21-38-18-14-25(15-19-38)29-20-30(37-36-29)28-8-4-5-16-33-28/h1-13,16-17,20,22,25H,14-15,18-19,21H2,(H,36,37). The fourth-order valence-corrected chi connectivity index (χ4v) is 5.52. The first kappa shape index (κ1) is 23.5. The van der Waals surface area contributed by atoms with E-state index in [2.05, 4.69) is 86.0 Å². The number of pyridine rings is 1. The van der Waals surface area contributed by atoms with Gasteiger partial charge in [0.2, 0.25) is 0 Å². The van der Waals surface area contributed by atoms with E-state index < -0.39 is 0 Å². The Morgan fingerprint density at radius 3 is 2.41 bits per heavy atom. The van der Waals surface area contributed by atoms with Crippen LogP contribution in [0, 0.1) is 0 Å². The molecule has 7 heteroatoms. The number of likely N-dealkylation sites (tertiary alicyclic amines) is 1. The highest BCUT2D eigenvalue weighted by Gasteiger charge is 2.23. The number of rotatable bonds is 6. The van der Waals surface area contributed by atoms with Gasteiger partial charge >= 0.3 is 0 Å². The lowest BCUT2D eigenvalue weighted by Crippen LogP contribution is -2.32. The van der Waals surface area contributed by atoms with Gasteiger partial charge in [-0.15, -0.1) is 0 Å². The van der Waals surface area contributed by atoms with Crippen LogP contribution in [-0.4, -0.2) is 47.8 Å². The number of nitrogens with zero attached hydrogens (tertiary/aromatic N) is 6. The van der Waals surface area contributed by atoms with Crippen molar-refractivity contribution in [3.05, 3.63) is 115 Å². The fraction of sp³-hybridized carbons (Fsp3) is 0.188. The van der Waals surface area contributed by atoms with Gasteiger partial charge in [-0.1, -0.05) is 60.7 Å². The van der Waals surface area contributed by atoms with E-state index in [9.17, 15) is 0 Å². The molecule has 0 bridgehead atoms. The van der Waals surface area contributed by atoms with Crippen LogP contribution in [0.15, 0.2) is 104 Å². The average molecular weight is 512 g/mol. The van der Waals surface area contributed by atoms with Gasteiger partial charge in [0.15, 0.2) is 5.65 Å². The molecule has 2 aromatic carbocycles. The number of hydrogen-bond donors (Lipinski definition) is 1. The van der Waals surface area contributed by atoms with Crippen LogP contribution < -0.4 is 0 Å². The van der Waals surface area contributed by atoms with Crippen molar-refractivity contribution in [3.8, 4) is 33.8 Å². The lowest BCUT2D eigenvalue weighted by molar-refractivity contribution is 0.203. The second kappa shape index (κ2) is 10.3. The Balaban J connectivity index is 1.04. The Morgan fingerprint density at radius 2 is 1.62 bits per heavy atom. The van der Waals surface area contributed by atoms with Gasteiger partial charge in [-0.2, -0.15) is 10.2 Å². The molecule has 1 N–H and O–H groups in total. The number of nitrogens with one attached hydrogen (secondary N) is 1. The summed E-state index contributed by atoms with van der Waals surface area (Å²) < 4.78 is 1.84. The first-order valence-corrected chi connectivity index (χ1v) is 13.5. The van der Waals surface area contributed by atoms with E-state index in [1.807, 2.05) is 41.0 Å². The second-order valence-electron chi connectivity index (χ2n) is 10.2. The molecule has 0 aliphatic carbocycles. The first-order chi connectivity index (χ1) is 19.3. The normalized spacial score (nSPS) is 14.7. The molecule has 192 valence electrons. The van der Waals surface area contributed by atoms with Crippen molar-refractivity contribution in [1.82, 2.24) is 34.7 Å². The smallest absolute Gasteiger partial charge is 0.155 e. The van der Waals surface area contributed by atoms with Crippen LogP contribution in [-0.2, 0) is 6.54 Å². The minimum absolute atomic E-state index is 0.509. The highest BCUT2D eigenvalue weighted by molar-refractivity contribution is 5.81. The van der Waals surface area contributed by atoms with E-state index >= 15 is 0 Å². The van der Waals surface area contributed by atoms with Crippen LogP contribution in [0.4, 0.5) is 0 Å². The van der Waals surface area contributed by atoms with Gasteiger partial charge in [-0.05, 0) is 55.3 Å². The quantitative estimate of drug-likeness (QED) is 0.287. The number of benzene rings is 2. The molecule has 39 heavy (non-hydrogen) atoms. The maximum absolute atomic E-state index is 4.96. The molecule has 1 aliphatic rings. The molecule has 7 rings (SSSR count). The Bertz CT molecular complexity index is 1680. The predicted molar refractivity (Wildman–Crippen MR) is 153 cm³/mol. The molecule has 0 spiro atoms. The minimum atomic E-state index is 0.509. The van der Waals surface area contributed by atoms with Gasteiger partial charge in [0.1, 0.15) is 5.69 Å². The zero-order valence-electron chi connectivity index (χ0n) is 21.6. The zero-order chi connectivity index (χ0) is 26.0. The van der Waals surface area contributed by atoms with Gasteiger partial charge in [0.25, 0.3) is 0 Å². The Labute approximate surface area is 227 Å². The minimum Gasteiger partial charge on any atom is -0.299 e. The van der Waals surface area contributed by atoms with Crippen LogP contribution in [0.2, 0.25) is 0 Å². The van der Waals surface area contributed by atoms with Crippen LogP contribution in [0.3, 0.4) is 0 Å². The summed E-state index contributed by atoms with van der Waals surface area (Å²) in [6.45, 7) is 3.10. The Hall–Kier alpha value is -4.62. The molecule has 4 aromatic heterocycles. The van der Waals surface area contributed by atoms with Crippen LogP contribution >= 0.6 is 0 Å². The molecule has 7 nitrogen and oxygen atoms in total. The maximum Gasteiger partial charge on any atom is 0.155 e. The lowest BCUT2D eigenvalue weighted by atomic mass is 9.93. The summed E-state index contributed by atoms with van der Waals surface area (Å²) in [6, 6.07) is 29.3. The van der Waals surface area contributed by atoms with Crippen LogP contribution in [0.1, 0.15) is 30.0 Å². The van der Waals surface area contributed by atoms with E-state index in [-0.39, 0.29) is 0 Å². The lowest BCUT2D eigenvalue weighted by Gasteiger charge is -2.31. The average Bonchev–Trinajstić information content (AvgIpc) is 3.68. The number of hydrogen-bond acceptors (Lipinski definition) is 5. The summed E-state index contributed by atoms with van der Waals surface area (Å²) in [5, 5.41) is 12.2. The fourth-order valence-electron chi connectivity index (χ4n) is 5.52. The summed E-state index contributed by atoms with van der Waals surface area (Å²) >= 11 is 0. The zero-order valence-corrected chi connectivity index (χ0v) is 21.6. The SMILES string of the molecule is c1ccc(-c2cn3nccc3nc2-c2ccc(CN3CCC(c4cc(-c5ccccn5)n[nH]4)CC3)cc2)cc1. The number of piperidine rings is 1. The van der Waals surface area contributed by atoms with Crippen LogP contribution in [0.5, 0.6) is 0 Å². The van der Waals surface area contributed by atoms with E-state index in [4.69, 9.17) is 4.98 Å². The van der Waals surface area contributed by atoms with Crippen LogP contribution in [0.25, 0.3) is 39.4 Å². The van der Waals surface area contributed by atoms with Gasteiger partial charge in [-0.25, -0.2) is 9.50 Å². The highest BCUT2D eigenvalue weighted by Crippen LogP contribution is 2.32. The molecular weight excluding hydrogens is 482 g/mol. The Kier molecular flexibility index (Phi) is 6.19. The van der Waals surface area contributed by atoms with Crippen molar-refractivity contribution >= 4 is 5.65 Å². The molecule has 0 saturated carbocycles. The van der Waals surface area contributed by atoms with Crippen molar-refractivity contribution < 1.29 is 0 Å². The topological polar surface area (TPSA) is 75.0 Å². The van der Waals surface area contributed by atoms with Gasteiger partial charge in [0.05, 0.1) is 17.6 Å². The molecule has 1 aliphatic heterocycles. The third-order valence-corrected chi connectivity index (χ3v) is 7.65. The number of fused-ring (bicyclic) bond motifs is 1. The van der Waals surface area contributed by atoms with Crippen molar-refractivity contribution in [3.63, 3.8) is 0 Å². The van der Waals surface area contributed by atoms with E-state index in [0.717, 1.165) is 71.9 Å². The maximum atomic E-state index is 4.96. The first-order valence-electron chi connectivity index (χ1n) is 13.5. The molecule has 0 radical (unpaired) electrons. The monoisotopic (exact) mass is 511 g/mol. The third-order valence-electron chi connectivity index (χ3n) is 7.65. The summed E-state index contributed by atoms with van der Waals surface area (Å²) in [4.78, 5) is 11.9.